The summed E-state index contributed by atoms with van der Waals surface area (Å²) in [6, 6.07) is 8.34. The average Bonchev–Trinajstić information content (AvgIpc) is 2.72. The Balaban J connectivity index is 2.25. The third-order valence-corrected chi connectivity index (χ3v) is 3.24. The highest BCUT2D eigenvalue weighted by molar-refractivity contribution is 5.34. The van der Waals surface area contributed by atoms with Crippen molar-refractivity contribution in [2.24, 2.45) is 0 Å². The Morgan fingerprint density at radius 1 is 1.18 bits per heavy atom. The Hall–Kier alpha value is -1.54. The number of rotatable bonds is 3. The van der Waals surface area contributed by atoms with E-state index in [9.17, 15) is 5.11 Å². The van der Waals surface area contributed by atoms with Crippen molar-refractivity contribution in [3.05, 3.63) is 58.9 Å². The molecule has 0 aliphatic heterocycles. The first-order valence-corrected chi connectivity index (χ1v) is 5.97. The van der Waals surface area contributed by atoms with Gasteiger partial charge < -0.3 is 9.67 Å². The molecule has 0 amide bonds. The second-order valence-corrected chi connectivity index (χ2v) is 4.66. The van der Waals surface area contributed by atoms with Gasteiger partial charge in [-0.25, -0.2) is 0 Å². The molecule has 1 unspecified atom stereocenters. The van der Waals surface area contributed by atoms with Crippen molar-refractivity contribution >= 4 is 0 Å². The van der Waals surface area contributed by atoms with E-state index < -0.39 is 6.10 Å². The minimum Gasteiger partial charge on any atom is -0.389 e. The topological polar surface area (TPSA) is 25.2 Å². The minimum absolute atomic E-state index is 0.394. The second-order valence-electron chi connectivity index (χ2n) is 4.66. The molecule has 0 saturated carbocycles. The van der Waals surface area contributed by atoms with E-state index >= 15 is 0 Å². The zero-order valence-corrected chi connectivity index (χ0v) is 10.6. The Labute approximate surface area is 103 Å². The Kier molecular flexibility index (Phi) is 3.34. The summed E-state index contributed by atoms with van der Waals surface area (Å²) in [5.74, 6) is 0. The van der Waals surface area contributed by atoms with Crippen LogP contribution < -0.4 is 0 Å². The quantitative estimate of drug-likeness (QED) is 0.859. The van der Waals surface area contributed by atoms with Crippen LogP contribution in [0.25, 0.3) is 0 Å². The van der Waals surface area contributed by atoms with Gasteiger partial charge in [0, 0.05) is 18.9 Å². The lowest BCUT2D eigenvalue weighted by Gasteiger charge is -2.10. The van der Waals surface area contributed by atoms with Gasteiger partial charge in [0.2, 0.25) is 0 Å². The van der Waals surface area contributed by atoms with Crippen LogP contribution in [0.1, 0.15) is 35.3 Å². The van der Waals surface area contributed by atoms with Crippen LogP contribution >= 0.6 is 0 Å². The molecule has 90 valence electrons. The molecule has 0 saturated heterocycles. The van der Waals surface area contributed by atoms with Crippen molar-refractivity contribution < 1.29 is 5.11 Å². The van der Waals surface area contributed by atoms with E-state index in [2.05, 4.69) is 36.6 Å². The molecule has 2 aromatic rings. The van der Waals surface area contributed by atoms with Gasteiger partial charge in [-0.05, 0) is 49.1 Å². The highest BCUT2D eigenvalue weighted by Crippen LogP contribution is 2.17. The van der Waals surface area contributed by atoms with E-state index in [0.29, 0.717) is 0 Å². The molecule has 0 radical (unpaired) electrons. The van der Waals surface area contributed by atoms with Crippen LogP contribution in [0.4, 0.5) is 0 Å². The molecule has 1 atom stereocenters. The highest BCUT2D eigenvalue weighted by Gasteiger charge is 2.06. The molecule has 1 aromatic heterocycles. The van der Waals surface area contributed by atoms with E-state index in [1.807, 2.05) is 18.5 Å². The molecule has 0 fully saturated rings. The van der Waals surface area contributed by atoms with Crippen molar-refractivity contribution in [2.75, 3.05) is 0 Å². The predicted octanol–water partition coefficient (Wildman–Crippen LogP) is 3.21. The summed E-state index contributed by atoms with van der Waals surface area (Å²) in [5, 5.41) is 9.50. The zero-order valence-electron chi connectivity index (χ0n) is 10.6. The molecule has 2 rings (SSSR count). The number of hydrogen-bond donors (Lipinski definition) is 1. The van der Waals surface area contributed by atoms with Crippen molar-refractivity contribution in [1.82, 2.24) is 4.57 Å². The van der Waals surface area contributed by atoms with E-state index in [1.165, 1.54) is 16.7 Å². The van der Waals surface area contributed by atoms with Crippen LogP contribution in [-0.2, 0) is 6.54 Å². The monoisotopic (exact) mass is 229 g/mol. The van der Waals surface area contributed by atoms with Gasteiger partial charge >= 0.3 is 0 Å². The lowest BCUT2D eigenvalue weighted by Crippen LogP contribution is -2.01. The molecule has 2 nitrogen and oxygen atoms in total. The molecule has 0 spiro atoms. The maximum Gasteiger partial charge on any atom is 0.0776 e. The van der Waals surface area contributed by atoms with Gasteiger partial charge in [-0.15, -0.1) is 0 Å². The number of nitrogens with zero attached hydrogens (tertiary/aromatic N) is 1. The first kappa shape index (κ1) is 11.9. The molecule has 0 bridgehead atoms. The van der Waals surface area contributed by atoms with Gasteiger partial charge in [0.25, 0.3) is 0 Å². The van der Waals surface area contributed by atoms with Gasteiger partial charge in [-0.1, -0.05) is 18.2 Å². The number of benzene rings is 1. The van der Waals surface area contributed by atoms with Crippen molar-refractivity contribution in [2.45, 2.75) is 33.4 Å². The predicted molar refractivity (Wildman–Crippen MR) is 70.1 cm³/mol. The minimum atomic E-state index is -0.394. The smallest absolute Gasteiger partial charge is 0.0776 e. The molecule has 1 heterocycles. The summed E-state index contributed by atoms with van der Waals surface area (Å²) >= 11 is 0. The molecule has 17 heavy (non-hydrogen) atoms. The lowest BCUT2D eigenvalue weighted by molar-refractivity contribution is 0.199. The third kappa shape index (κ3) is 2.59. The normalized spacial score (nSPS) is 12.7. The summed E-state index contributed by atoms with van der Waals surface area (Å²) in [6.07, 6.45) is 3.64. The standard InChI is InChI=1S/C15H19NO/c1-11-5-4-6-12(2)15(11)10-16-8-7-14(9-16)13(3)17/h4-9,13,17H,10H2,1-3H3. The van der Waals surface area contributed by atoms with Gasteiger partial charge in [0.05, 0.1) is 6.10 Å². The summed E-state index contributed by atoms with van der Waals surface area (Å²) in [6.45, 7) is 6.94. The fraction of sp³-hybridized carbons (Fsp3) is 0.333. The molecular formula is C15H19NO. The maximum atomic E-state index is 9.50. The highest BCUT2D eigenvalue weighted by atomic mass is 16.3. The Bertz CT molecular complexity index is 491. The van der Waals surface area contributed by atoms with E-state index in [4.69, 9.17) is 0 Å². The summed E-state index contributed by atoms with van der Waals surface area (Å²) in [4.78, 5) is 0. The first-order chi connectivity index (χ1) is 8.08. The van der Waals surface area contributed by atoms with Gasteiger partial charge in [0.1, 0.15) is 0 Å². The lowest BCUT2D eigenvalue weighted by atomic mass is 10.0. The average molecular weight is 229 g/mol. The molecule has 2 heteroatoms. The SMILES string of the molecule is Cc1cccc(C)c1Cn1ccc(C(C)O)c1. The molecule has 1 aromatic carbocycles. The fourth-order valence-electron chi connectivity index (χ4n) is 2.09. The molecule has 1 N–H and O–H groups in total. The molecular weight excluding hydrogens is 210 g/mol. The van der Waals surface area contributed by atoms with E-state index in [1.54, 1.807) is 6.92 Å². The second kappa shape index (κ2) is 4.76. The number of aliphatic hydroxyl groups excluding tert-OH is 1. The molecule has 0 aliphatic rings. The molecule has 0 aliphatic carbocycles. The van der Waals surface area contributed by atoms with Crippen LogP contribution in [0.2, 0.25) is 0 Å². The van der Waals surface area contributed by atoms with Crippen LogP contribution in [0.5, 0.6) is 0 Å². The van der Waals surface area contributed by atoms with Crippen molar-refractivity contribution in [1.29, 1.82) is 0 Å². The van der Waals surface area contributed by atoms with Gasteiger partial charge in [0.15, 0.2) is 0 Å². The van der Waals surface area contributed by atoms with Gasteiger partial charge in [-0.2, -0.15) is 0 Å². The Morgan fingerprint density at radius 3 is 2.35 bits per heavy atom. The summed E-state index contributed by atoms with van der Waals surface area (Å²) in [5.41, 5.74) is 4.96. The fourth-order valence-corrected chi connectivity index (χ4v) is 2.09. The Morgan fingerprint density at radius 2 is 1.82 bits per heavy atom. The summed E-state index contributed by atoms with van der Waals surface area (Å²) in [7, 11) is 0. The van der Waals surface area contributed by atoms with Crippen LogP contribution in [0.3, 0.4) is 0 Å². The third-order valence-electron chi connectivity index (χ3n) is 3.24. The van der Waals surface area contributed by atoms with Crippen LogP contribution in [0, 0.1) is 13.8 Å². The van der Waals surface area contributed by atoms with E-state index in [0.717, 1.165) is 12.1 Å². The van der Waals surface area contributed by atoms with Crippen molar-refractivity contribution in [3.8, 4) is 0 Å². The number of aliphatic hydroxyl groups is 1. The first-order valence-electron chi connectivity index (χ1n) is 5.97. The largest absolute Gasteiger partial charge is 0.389 e. The van der Waals surface area contributed by atoms with Crippen LogP contribution in [0.15, 0.2) is 36.7 Å². The number of hydrogen-bond acceptors (Lipinski definition) is 1. The summed E-state index contributed by atoms with van der Waals surface area (Å²) < 4.78 is 2.12. The van der Waals surface area contributed by atoms with Crippen LogP contribution in [-0.4, -0.2) is 9.67 Å². The zero-order chi connectivity index (χ0) is 12.4. The number of aromatic nitrogens is 1. The number of aryl methyl sites for hydroxylation is 2. The maximum absolute atomic E-state index is 9.50. The van der Waals surface area contributed by atoms with Crippen molar-refractivity contribution in [3.63, 3.8) is 0 Å². The van der Waals surface area contributed by atoms with Gasteiger partial charge in [-0.3, -0.25) is 0 Å². The van der Waals surface area contributed by atoms with E-state index in [-0.39, 0.29) is 0 Å².